The van der Waals surface area contributed by atoms with Gasteiger partial charge in [-0.25, -0.2) is 13.2 Å². The van der Waals surface area contributed by atoms with Gasteiger partial charge in [0.2, 0.25) is 0 Å². The summed E-state index contributed by atoms with van der Waals surface area (Å²) in [5.41, 5.74) is -0.295. The first-order valence-electron chi connectivity index (χ1n) is 3.89. The quantitative estimate of drug-likeness (QED) is 0.535. The van der Waals surface area contributed by atoms with Gasteiger partial charge in [0.1, 0.15) is 0 Å². The van der Waals surface area contributed by atoms with E-state index < -0.39 is 17.5 Å². The molecule has 0 saturated heterocycles. The third kappa shape index (κ3) is 2.13. The molecule has 0 amide bonds. The molecule has 0 aliphatic heterocycles. The molecule has 0 aliphatic rings. The van der Waals surface area contributed by atoms with E-state index >= 15 is 0 Å². The van der Waals surface area contributed by atoms with E-state index in [1.807, 2.05) is 0 Å². The van der Waals surface area contributed by atoms with Crippen molar-refractivity contribution in [2.75, 3.05) is 0 Å². The van der Waals surface area contributed by atoms with Gasteiger partial charge in [-0.3, -0.25) is 0 Å². The Hall–Kier alpha value is -1.47. The Kier molecular flexibility index (Phi) is 3.38. The monoisotopic (exact) mass is 231 g/mol. The molecule has 0 radical (unpaired) electrons. The Morgan fingerprint density at radius 1 is 1.27 bits per heavy atom. The fourth-order valence-corrected chi connectivity index (χ4v) is 1.13. The molecule has 0 fully saturated rings. The lowest BCUT2D eigenvalue weighted by Gasteiger charge is -2.03. The number of rotatable bonds is 1. The standard InChI is InChI=1S/C10H5ClF3N/c1-5(4-15)8(11)6-2-3-7(12)10(14)9(6)13/h2-3H,1H3/b8-5-. The number of benzene rings is 1. The third-order valence-corrected chi connectivity index (χ3v) is 2.26. The van der Waals surface area contributed by atoms with Crippen molar-refractivity contribution in [3.05, 3.63) is 40.7 Å². The van der Waals surface area contributed by atoms with E-state index in [-0.39, 0.29) is 16.2 Å². The second kappa shape index (κ2) is 4.37. The third-order valence-electron chi connectivity index (χ3n) is 1.77. The normalized spacial score (nSPS) is 12.0. The first-order chi connectivity index (χ1) is 6.99. The molecule has 0 heterocycles. The van der Waals surface area contributed by atoms with Gasteiger partial charge in [-0.1, -0.05) is 11.6 Å². The summed E-state index contributed by atoms with van der Waals surface area (Å²) >= 11 is 5.61. The summed E-state index contributed by atoms with van der Waals surface area (Å²) in [5, 5.41) is 8.27. The van der Waals surface area contributed by atoms with Crippen molar-refractivity contribution >= 4 is 16.6 Å². The van der Waals surface area contributed by atoms with E-state index in [1.165, 1.54) is 6.92 Å². The maximum absolute atomic E-state index is 13.2. The van der Waals surface area contributed by atoms with Crippen molar-refractivity contribution < 1.29 is 13.2 Å². The van der Waals surface area contributed by atoms with Crippen molar-refractivity contribution in [1.29, 1.82) is 5.26 Å². The van der Waals surface area contributed by atoms with Crippen molar-refractivity contribution in [1.82, 2.24) is 0 Å². The molecule has 0 unspecified atom stereocenters. The van der Waals surface area contributed by atoms with E-state index in [2.05, 4.69) is 0 Å². The number of nitriles is 1. The minimum Gasteiger partial charge on any atom is -0.204 e. The van der Waals surface area contributed by atoms with Crippen LogP contribution in [-0.2, 0) is 0 Å². The minimum atomic E-state index is -1.60. The van der Waals surface area contributed by atoms with Crippen LogP contribution in [0.15, 0.2) is 17.7 Å². The summed E-state index contributed by atoms with van der Waals surface area (Å²) in [6.45, 7) is 1.35. The first kappa shape index (κ1) is 11.6. The maximum Gasteiger partial charge on any atom is 0.195 e. The van der Waals surface area contributed by atoms with Crippen LogP contribution in [0.4, 0.5) is 13.2 Å². The van der Waals surface area contributed by atoms with Crippen LogP contribution in [0.1, 0.15) is 12.5 Å². The first-order valence-corrected chi connectivity index (χ1v) is 4.27. The lowest BCUT2D eigenvalue weighted by atomic mass is 10.1. The fourth-order valence-electron chi connectivity index (χ4n) is 0.946. The zero-order valence-electron chi connectivity index (χ0n) is 7.61. The molecule has 0 aliphatic carbocycles. The average Bonchev–Trinajstić information content (AvgIpc) is 2.24. The van der Waals surface area contributed by atoms with Crippen LogP contribution in [0.5, 0.6) is 0 Å². The van der Waals surface area contributed by atoms with Crippen LogP contribution in [0.2, 0.25) is 0 Å². The highest BCUT2D eigenvalue weighted by atomic mass is 35.5. The van der Waals surface area contributed by atoms with Gasteiger partial charge in [-0.15, -0.1) is 0 Å². The lowest BCUT2D eigenvalue weighted by Crippen LogP contribution is -1.95. The molecule has 15 heavy (non-hydrogen) atoms. The highest BCUT2D eigenvalue weighted by molar-refractivity contribution is 6.49. The van der Waals surface area contributed by atoms with Crippen molar-refractivity contribution in [2.24, 2.45) is 0 Å². The maximum atomic E-state index is 13.2. The van der Waals surface area contributed by atoms with Crippen LogP contribution in [0.25, 0.3) is 5.03 Å². The average molecular weight is 232 g/mol. The van der Waals surface area contributed by atoms with Gasteiger partial charge in [-0.2, -0.15) is 5.26 Å². The molecular formula is C10H5ClF3N. The number of allylic oxidation sites excluding steroid dienone is 1. The molecule has 1 aromatic carbocycles. The molecule has 0 saturated carbocycles. The van der Waals surface area contributed by atoms with Crippen LogP contribution < -0.4 is 0 Å². The Bertz CT molecular complexity index is 474. The summed E-state index contributed by atoms with van der Waals surface area (Å²) in [4.78, 5) is 0. The van der Waals surface area contributed by atoms with E-state index in [0.29, 0.717) is 0 Å². The second-order valence-corrected chi connectivity index (χ2v) is 3.15. The van der Waals surface area contributed by atoms with Gasteiger partial charge in [0.25, 0.3) is 0 Å². The summed E-state index contributed by atoms with van der Waals surface area (Å²) in [6.07, 6.45) is 0. The summed E-state index contributed by atoms with van der Waals surface area (Å²) < 4.78 is 38.5. The molecule has 1 aromatic rings. The smallest absolute Gasteiger partial charge is 0.195 e. The number of hydrogen-bond acceptors (Lipinski definition) is 1. The van der Waals surface area contributed by atoms with Crippen LogP contribution in [-0.4, -0.2) is 0 Å². The van der Waals surface area contributed by atoms with E-state index in [9.17, 15) is 13.2 Å². The molecular weight excluding hydrogens is 227 g/mol. The van der Waals surface area contributed by atoms with Gasteiger partial charge in [0.05, 0.1) is 11.1 Å². The Morgan fingerprint density at radius 3 is 2.40 bits per heavy atom. The SMILES string of the molecule is C/C(C#N)=C(/Cl)c1ccc(F)c(F)c1F. The minimum absolute atomic E-state index is 0.0292. The fraction of sp³-hybridized carbons (Fsp3) is 0.100. The predicted octanol–water partition coefficient (Wildman–Crippen LogP) is 3.60. The number of nitrogens with zero attached hydrogens (tertiary/aromatic N) is 1. The van der Waals surface area contributed by atoms with Gasteiger partial charge in [-0.05, 0) is 19.1 Å². The lowest BCUT2D eigenvalue weighted by molar-refractivity contribution is 0.446. The largest absolute Gasteiger partial charge is 0.204 e. The van der Waals surface area contributed by atoms with Crippen molar-refractivity contribution in [3.8, 4) is 6.07 Å². The van der Waals surface area contributed by atoms with E-state index in [1.54, 1.807) is 6.07 Å². The van der Waals surface area contributed by atoms with E-state index in [0.717, 1.165) is 12.1 Å². The number of hydrogen-bond donors (Lipinski definition) is 0. The van der Waals surface area contributed by atoms with Crippen molar-refractivity contribution in [2.45, 2.75) is 6.92 Å². The summed E-state index contributed by atoms with van der Waals surface area (Å²) in [7, 11) is 0. The summed E-state index contributed by atoms with van der Waals surface area (Å²) in [5.74, 6) is -4.29. The summed E-state index contributed by atoms with van der Waals surface area (Å²) in [6, 6.07) is 3.42. The van der Waals surface area contributed by atoms with Crippen LogP contribution >= 0.6 is 11.6 Å². The zero-order valence-corrected chi connectivity index (χ0v) is 8.37. The van der Waals surface area contributed by atoms with Gasteiger partial charge in [0.15, 0.2) is 17.5 Å². The van der Waals surface area contributed by atoms with Gasteiger partial charge in [0, 0.05) is 11.1 Å². The Balaban J connectivity index is 3.43. The molecule has 0 atom stereocenters. The van der Waals surface area contributed by atoms with Crippen molar-refractivity contribution in [3.63, 3.8) is 0 Å². The van der Waals surface area contributed by atoms with E-state index in [4.69, 9.17) is 16.9 Å². The predicted molar refractivity (Wildman–Crippen MR) is 50.4 cm³/mol. The molecule has 1 nitrogen and oxygen atoms in total. The molecule has 5 heteroatoms. The molecule has 1 rings (SSSR count). The molecule has 78 valence electrons. The Morgan fingerprint density at radius 2 is 1.87 bits per heavy atom. The molecule has 0 spiro atoms. The zero-order chi connectivity index (χ0) is 11.6. The second-order valence-electron chi connectivity index (χ2n) is 2.77. The van der Waals surface area contributed by atoms with Gasteiger partial charge < -0.3 is 0 Å². The molecule has 0 aromatic heterocycles. The highest BCUT2D eigenvalue weighted by Crippen LogP contribution is 2.27. The Labute approximate surface area is 89.4 Å². The number of halogens is 4. The highest BCUT2D eigenvalue weighted by Gasteiger charge is 2.16. The topological polar surface area (TPSA) is 23.8 Å². The molecule has 0 bridgehead atoms. The van der Waals surface area contributed by atoms with Crippen LogP contribution in [0.3, 0.4) is 0 Å². The van der Waals surface area contributed by atoms with Gasteiger partial charge >= 0.3 is 0 Å². The van der Waals surface area contributed by atoms with Crippen LogP contribution in [0, 0.1) is 28.8 Å². The molecule has 0 N–H and O–H groups in total.